The Kier molecular flexibility index (Phi) is 10.3. The van der Waals surface area contributed by atoms with E-state index in [9.17, 15) is 4.79 Å². The second-order valence-corrected chi connectivity index (χ2v) is 14.9. The van der Waals surface area contributed by atoms with Crippen LogP contribution in [0.5, 0.6) is 0 Å². The Hall–Kier alpha value is -2.03. The minimum absolute atomic E-state index is 0.0397. The summed E-state index contributed by atoms with van der Waals surface area (Å²) in [5, 5.41) is 5.71. The monoisotopic (exact) mass is 669 g/mol. The molecule has 0 radical (unpaired) electrons. The third kappa shape index (κ3) is 7.98. The van der Waals surface area contributed by atoms with E-state index in [0.717, 1.165) is 30.2 Å². The van der Waals surface area contributed by atoms with Gasteiger partial charge in [-0.3, -0.25) is 0 Å². The van der Waals surface area contributed by atoms with E-state index in [1.165, 1.54) is 4.90 Å². The van der Waals surface area contributed by atoms with Gasteiger partial charge in [-0.15, -0.1) is 0 Å². The first kappa shape index (κ1) is 35.3. The van der Waals surface area contributed by atoms with Crippen molar-refractivity contribution in [1.82, 2.24) is 14.7 Å². The van der Waals surface area contributed by atoms with Crippen molar-refractivity contribution in [3.8, 4) is 0 Å². The maximum atomic E-state index is 15.3. The van der Waals surface area contributed by atoms with Gasteiger partial charge >= 0.3 is 13.2 Å². The van der Waals surface area contributed by atoms with E-state index < -0.39 is 55.1 Å². The highest BCUT2D eigenvalue weighted by Crippen LogP contribution is 2.39. The van der Waals surface area contributed by atoms with Gasteiger partial charge in [0.2, 0.25) is 0 Å². The molecular weight excluding hydrogens is 623 g/mol. The number of carbonyl (C=O) groups excluding carboxylic acids is 1. The molecule has 1 amide bonds. The number of hydrogen-bond acceptors (Lipinski definition) is 8. The minimum atomic E-state index is -3.16. The van der Waals surface area contributed by atoms with E-state index in [4.69, 9.17) is 39.9 Å². The van der Waals surface area contributed by atoms with E-state index in [2.05, 4.69) is 5.10 Å². The van der Waals surface area contributed by atoms with Crippen LogP contribution < -0.4 is 5.46 Å². The molecule has 3 saturated heterocycles. The largest absolute Gasteiger partial charge is 0.495 e. The van der Waals surface area contributed by atoms with Crippen LogP contribution in [0, 0.1) is 0 Å². The topological polar surface area (TPSA) is 93.5 Å². The van der Waals surface area contributed by atoms with Crippen LogP contribution in [0.4, 0.5) is 13.6 Å². The Balaban J connectivity index is 1.29. The summed E-state index contributed by atoms with van der Waals surface area (Å²) in [5.41, 5.74) is -0.0522. The smallest absolute Gasteiger partial charge is 0.444 e. The van der Waals surface area contributed by atoms with Gasteiger partial charge in [0.1, 0.15) is 12.2 Å². The van der Waals surface area contributed by atoms with Gasteiger partial charge in [-0.25, -0.2) is 18.3 Å². The van der Waals surface area contributed by atoms with Crippen molar-refractivity contribution >= 4 is 41.2 Å². The summed E-state index contributed by atoms with van der Waals surface area (Å²) in [6.07, 6.45) is 2.78. The van der Waals surface area contributed by atoms with Gasteiger partial charge < -0.3 is 33.2 Å². The number of hydrogen-bond donors (Lipinski definition) is 0. The molecule has 0 saturated carbocycles. The van der Waals surface area contributed by atoms with Crippen LogP contribution >= 0.6 is 11.6 Å². The van der Waals surface area contributed by atoms with Crippen LogP contribution in [0.3, 0.4) is 0 Å². The Morgan fingerprint density at radius 1 is 1.13 bits per heavy atom. The Morgan fingerprint density at radius 3 is 2.50 bits per heavy atom. The SMILES string of the molecule is CC(C)(C)OC(=O)N1CCO[C@@H](COCC(F)(F)CCc2c(Cl)cc3c(cnn3C3CCCCO3)c2B2OC(C)(C)C(C)(C)O2)C1. The number of benzene rings is 1. The fourth-order valence-electron chi connectivity index (χ4n) is 5.88. The summed E-state index contributed by atoms with van der Waals surface area (Å²) >= 11 is 6.88. The summed E-state index contributed by atoms with van der Waals surface area (Å²) in [6.45, 7) is 13.8. The summed E-state index contributed by atoms with van der Waals surface area (Å²) in [7, 11) is -0.827. The van der Waals surface area contributed by atoms with Crippen LogP contribution in [0.1, 0.15) is 85.9 Å². The second kappa shape index (κ2) is 13.5. The zero-order valence-corrected chi connectivity index (χ0v) is 28.8. The molecule has 0 spiro atoms. The zero-order chi connectivity index (χ0) is 33.5. The van der Waals surface area contributed by atoms with Crippen molar-refractivity contribution in [3.05, 3.63) is 22.8 Å². The van der Waals surface area contributed by atoms with E-state index >= 15 is 8.78 Å². The predicted molar refractivity (Wildman–Crippen MR) is 171 cm³/mol. The molecule has 14 heteroatoms. The number of morpholine rings is 1. The van der Waals surface area contributed by atoms with Crippen molar-refractivity contribution in [2.24, 2.45) is 0 Å². The molecule has 3 aliphatic rings. The highest BCUT2D eigenvalue weighted by Gasteiger charge is 2.53. The minimum Gasteiger partial charge on any atom is -0.444 e. The fourth-order valence-corrected chi connectivity index (χ4v) is 6.18. The Bertz CT molecular complexity index is 1380. The molecule has 1 aromatic heterocycles. The summed E-state index contributed by atoms with van der Waals surface area (Å²) in [4.78, 5) is 14.0. The molecule has 0 aliphatic carbocycles. The molecule has 256 valence electrons. The summed E-state index contributed by atoms with van der Waals surface area (Å²) in [5.74, 6) is -3.16. The first-order chi connectivity index (χ1) is 21.5. The lowest BCUT2D eigenvalue weighted by Gasteiger charge is -2.34. The first-order valence-electron chi connectivity index (χ1n) is 16.2. The van der Waals surface area contributed by atoms with Gasteiger partial charge in [-0.05, 0) is 91.2 Å². The highest BCUT2D eigenvalue weighted by molar-refractivity contribution is 6.66. The average Bonchev–Trinajstić information content (AvgIpc) is 3.47. The number of ether oxygens (including phenoxy) is 4. The Labute approximate surface area is 275 Å². The lowest BCUT2D eigenvalue weighted by atomic mass is 9.73. The number of fused-ring (bicyclic) bond motifs is 1. The molecular formula is C32H47BClF2N3O7. The lowest BCUT2D eigenvalue weighted by Crippen LogP contribution is -2.49. The number of halogens is 3. The van der Waals surface area contributed by atoms with Crippen molar-refractivity contribution in [2.45, 2.75) is 116 Å². The number of rotatable bonds is 9. The van der Waals surface area contributed by atoms with E-state index in [0.29, 0.717) is 29.2 Å². The third-order valence-corrected chi connectivity index (χ3v) is 9.40. The first-order valence-corrected chi connectivity index (χ1v) is 16.5. The molecule has 10 nitrogen and oxygen atoms in total. The molecule has 46 heavy (non-hydrogen) atoms. The van der Waals surface area contributed by atoms with E-state index in [1.807, 2.05) is 32.4 Å². The van der Waals surface area contributed by atoms with Crippen molar-refractivity contribution < 1.29 is 41.8 Å². The van der Waals surface area contributed by atoms with Crippen LogP contribution in [0.25, 0.3) is 10.9 Å². The molecule has 0 bridgehead atoms. The summed E-state index contributed by atoms with van der Waals surface area (Å²) < 4.78 is 67.8. The number of aromatic nitrogens is 2. The van der Waals surface area contributed by atoms with Crippen LogP contribution in [0.15, 0.2) is 12.3 Å². The number of nitrogens with zero attached hydrogens (tertiary/aromatic N) is 3. The quantitative estimate of drug-likeness (QED) is 0.305. The van der Waals surface area contributed by atoms with Gasteiger partial charge in [0.15, 0.2) is 6.23 Å². The van der Waals surface area contributed by atoms with Crippen LogP contribution in [0.2, 0.25) is 5.02 Å². The van der Waals surface area contributed by atoms with Gasteiger partial charge in [0.05, 0.1) is 48.8 Å². The molecule has 3 fully saturated rings. The van der Waals surface area contributed by atoms with Crippen LogP contribution in [-0.4, -0.2) is 96.2 Å². The zero-order valence-electron chi connectivity index (χ0n) is 28.0. The molecule has 1 unspecified atom stereocenters. The standard InChI is InChI=1S/C32H47BClF2N3O7/c1-29(2,3)44-28(40)38-13-15-42-21(18-38)19-41-20-32(35,36)12-11-22-24(34)16-25-23(17-37-39(25)26-10-8-9-14-43-26)27(22)33-45-30(4,5)31(6,7)46-33/h16-17,21,26H,8-15,18-20H2,1-7H3/t21-,26?/m1/s1. The Morgan fingerprint density at radius 2 is 1.85 bits per heavy atom. The molecule has 2 atom stereocenters. The maximum absolute atomic E-state index is 15.3. The summed E-state index contributed by atoms with van der Waals surface area (Å²) in [6, 6.07) is 1.78. The van der Waals surface area contributed by atoms with Gasteiger partial charge in [0.25, 0.3) is 5.92 Å². The van der Waals surface area contributed by atoms with E-state index in [1.54, 1.807) is 33.0 Å². The van der Waals surface area contributed by atoms with Crippen LogP contribution in [-0.2, 0) is 34.7 Å². The predicted octanol–water partition coefficient (Wildman–Crippen LogP) is 5.91. The molecule has 3 aliphatic heterocycles. The number of amides is 1. The van der Waals surface area contributed by atoms with Gasteiger partial charge in [-0.1, -0.05) is 11.6 Å². The van der Waals surface area contributed by atoms with Gasteiger partial charge in [0, 0.05) is 30.0 Å². The molecule has 0 N–H and O–H groups in total. The third-order valence-electron chi connectivity index (χ3n) is 9.07. The van der Waals surface area contributed by atoms with E-state index in [-0.39, 0.29) is 32.4 Å². The number of alkyl halides is 2. The van der Waals surface area contributed by atoms with Crippen molar-refractivity contribution in [1.29, 1.82) is 0 Å². The lowest BCUT2D eigenvalue weighted by molar-refractivity contribution is -0.117. The van der Waals surface area contributed by atoms with Crippen molar-refractivity contribution in [2.75, 3.05) is 39.5 Å². The second-order valence-electron chi connectivity index (χ2n) is 14.5. The molecule has 1 aromatic carbocycles. The molecule has 2 aromatic rings. The maximum Gasteiger partial charge on any atom is 0.495 e. The van der Waals surface area contributed by atoms with Crippen molar-refractivity contribution in [3.63, 3.8) is 0 Å². The normalized spacial score (nSPS) is 23.7. The van der Waals surface area contributed by atoms with Gasteiger partial charge in [-0.2, -0.15) is 5.10 Å². The fraction of sp³-hybridized carbons (Fsp3) is 0.750. The molecule has 5 rings (SSSR count). The molecule has 4 heterocycles. The highest BCUT2D eigenvalue weighted by atomic mass is 35.5. The average molecular weight is 670 g/mol. The number of carbonyl (C=O) groups is 1.